The molecule has 5 heterocycles. The van der Waals surface area contributed by atoms with E-state index in [1.165, 1.54) is 4.57 Å². The van der Waals surface area contributed by atoms with Gasteiger partial charge in [-0.05, 0) is 24.6 Å². The van der Waals surface area contributed by atoms with Crippen molar-refractivity contribution in [1.82, 2.24) is 34.2 Å². The van der Waals surface area contributed by atoms with Crippen LogP contribution in [0.2, 0.25) is 0 Å². The molecule has 4 aromatic heterocycles. The summed E-state index contributed by atoms with van der Waals surface area (Å²) >= 11 is 0. The first-order chi connectivity index (χ1) is 16.1. The molecule has 0 aliphatic carbocycles. The van der Waals surface area contributed by atoms with Crippen LogP contribution in [0.1, 0.15) is 12.2 Å². The molecule has 1 N–H and O–H groups in total. The standard InChI is InChI=1S/C22H25N7O4/c1-32-14-19-24-22(26-25-19)29-8-4-18-16(21(29)31)13-15-17(23-18)3-7-28(20(15)30)6-2-5-27-9-11-33-12-10-27/h3-4,7-8,13H,2,5-6,9-12,14H2,1H3,(H,24,25,26). The van der Waals surface area contributed by atoms with E-state index in [1.54, 1.807) is 36.2 Å². The number of rotatable bonds is 7. The Balaban J connectivity index is 1.46. The lowest BCUT2D eigenvalue weighted by Crippen LogP contribution is -2.37. The molecule has 0 saturated carbocycles. The molecule has 11 heteroatoms. The van der Waals surface area contributed by atoms with Crippen LogP contribution in [-0.2, 0) is 22.6 Å². The molecule has 5 rings (SSSR count). The van der Waals surface area contributed by atoms with E-state index in [9.17, 15) is 9.59 Å². The van der Waals surface area contributed by atoms with Crippen molar-refractivity contribution in [2.24, 2.45) is 0 Å². The van der Waals surface area contributed by atoms with Gasteiger partial charge >= 0.3 is 0 Å². The lowest BCUT2D eigenvalue weighted by molar-refractivity contribution is 0.0369. The second-order valence-electron chi connectivity index (χ2n) is 7.98. The molecule has 0 bridgehead atoms. The molecule has 1 saturated heterocycles. The van der Waals surface area contributed by atoms with Gasteiger partial charge in [0.25, 0.3) is 17.1 Å². The summed E-state index contributed by atoms with van der Waals surface area (Å²) in [5.41, 5.74) is 0.584. The van der Waals surface area contributed by atoms with Crippen LogP contribution in [0.5, 0.6) is 0 Å². The van der Waals surface area contributed by atoms with Crippen molar-refractivity contribution in [3.8, 4) is 5.95 Å². The monoisotopic (exact) mass is 451 g/mol. The third-order valence-electron chi connectivity index (χ3n) is 5.81. The number of fused-ring (bicyclic) bond motifs is 2. The van der Waals surface area contributed by atoms with Crippen molar-refractivity contribution in [3.63, 3.8) is 0 Å². The normalized spacial score (nSPS) is 14.9. The van der Waals surface area contributed by atoms with Gasteiger partial charge in [-0.15, -0.1) is 5.10 Å². The van der Waals surface area contributed by atoms with Gasteiger partial charge < -0.3 is 14.0 Å². The molecule has 1 fully saturated rings. The molecule has 0 spiro atoms. The molecule has 0 atom stereocenters. The minimum atomic E-state index is -0.341. The fourth-order valence-electron chi connectivity index (χ4n) is 4.08. The molecule has 4 aromatic rings. The fourth-order valence-corrected chi connectivity index (χ4v) is 4.08. The molecular weight excluding hydrogens is 426 g/mol. The molecule has 0 aromatic carbocycles. The Bertz CT molecular complexity index is 1400. The summed E-state index contributed by atoms with van der Waals surface area (Å²) in [5, 5.41) is 7.59. The lowest BCUT2D eigenvalue weighted by Gasteiger charge is -2.26. The predicted octanol–water partition coefficient (Wildman–Crippen LogP) is 0.687. The van der Waals surface area contributed by atoms with E-state index in [2.05, 4.69) is 25.1 Å². The van der Waals surface area contributed by atoms with Crippen molar-refractivity contribution in [3.05, 3.63) is 57.1 Å². The average Bonchev–Trinajstić information content (AvgIpc) is 3.29. The first-order valence-electron chi connectivity index (χ1n) is 10.9. The average molecular weight is 451 g/mol. The number of morpholine rings is 1. The van der Waals surface area contributed by atoms with Gasteiger partial charge in [0, 0.05) is 45.7 Å². The SMILES string of the molecule is COCc1nc(-n2ccc3nc4ccn(CCCN5CCOCC5)c(=O)c4cc3c2=O)n[nH]1. The first kappa shape index (κ1) is 21.4. The molecule has 172 valence electrons. The maximum absolute atomic E-state index is 13.2. The Morgan fingerprint density at radius 1 is 1.03 bits per heavy atom. The zero-order valence-electron chi connectivity index (χ0n) is 18.4. The predicted molar refractivity (Wildman–Crippen MR) is 122 cm³/mol. The number of ether oxygens (including phenoxy) is 2. The molecule has 1 aliphatic heterocycles. The number of nitrogens with zero attached hydrogens (tertiary/aromatic N) is 6. The van der Waals surface area contributed by atoms with Gasteiger partial charge in [-0.3, -0.25) is 19.6 Å². The van der Waals surface area contributed by atoms with Gasteiger partial charge in [-0.2, -0.15) is 4.98 Å². The Kier molecular flexibility index (Phi) is 5.99. The van der Waals surface area contributed by atoms with Crippen LogP contribution < -0.4 is 11.1 Å². The number of H-pyrrole nitrogens is 1. The van der Waals surface area contributed by atoms with Gasteiger partial charge in [0.1, 0.15) is 6.61 Å². The number of aryl methyl sites for hydroxylation is 1. The summed E-state index contributed by atoms with van der Waals surface area (Å²) < 4.78 is 13.4. The second-order valence-corrected chi connectivity index (χ2v) is 7.98. The van der Waals surface area contributed by atoms with E-state index in [0.29, 0.717) is 34.2 Å². The van der Waals surface area contributed by atoms with Gasteiger partial charge in [-0.1, -0.05) is 0 Å². The summed E-state index contributed by atoms with van der Waals surface area (Å²) in [6.07, 6.45) is 4.21. The van der Waals surface area contributed by atoms with Gasteiger partial charge in [0.15, 0.2) is 5.82 Å². The first-order valence-corrected chi connectivity index (χ1v) is 10.9. The highest BCUT2D eigenvalue weighted by molar-refractivity contribution is 5.91. The number of aromatic amines is 1. The van der Waals surface area contributed by atoms with Crippen LogP contribution in [0.25, 0.3) is 27.8 Å². The van der Waals surface area contributed by atoms with E-state index in [1.807, 2.05) is 6.07 Å². The molecule has 33 heavy (non-hydrogen) atoms. The van der Waals surface area contributed by atoms with Crippen LogP contribution in [-0.4, -0.2) is 74.2 Å². The number of hydrogen-bond donors (Lipinski definition) is 1. The highest BCUT2D eigenvalue weighted by atomic mass is 16.5. The minimum absolute atomic E-state index is 0.154. The Labute approximate surface area is 188 Å². The lowest BCUT2D eigenvalue weighted by atomic mass is 10.2. The molecule has 0 amide bonds. The number of pyridine rings is 3. The summed E-state index contributed by atoms with van der Waals surface area (Å²) in [7, 11) is 1.55. The van der Waals surface area contributed by atoms with E-state index in [0.717, 1.165) is 39.3 Å². The van der Waals surface area contributed by atoms with Gasteiger partial charge in [0.2, 0.25) is 0 Å². The third-order valence-corrected chi connectivity index (χ3v) is 5.81. The maximum atomic E-state index is 13.2. The van der Waals surface area contributed by atoms with Crippen LogP contribution in [0.3, 0.4) is 0 Å². The molecule has 0 radical (unpaired) electrons. The quantitative estimate of drug-likeness (QED) is 0.408. The van der Waals surface area contributed by atoms with Crippen LogP contribution >= 0.6 is 0 Å². The molecule has 1 aliphatic rings. The van der Waals surface area contributed by atoms with Crippen molar-refractivity contribution in [2.45, 2.75) is 19.6 Å². The number of aromatic nitrogens is 6. The highest BCUT2D eigenvalue weighted by Gasteiger charge is 2.14. The minimum Gasteiger partial charge on any atom is -0.379 e. The van der Waals surface area contributed by atoms with Crippen molar-refractivity contribution in [1.29, 1.82) is 0 Å². The van der Waals surface area contributed by atoms with Crippen LogP contribution in [0.15, 0.2) is 40.2 Å². The van der Waals surface area contributed by atoms with E-state index < -0.39 is 0 Å². The van der Waals surface area contributed by atoms with Gasteiger partial charge in [0.05, 0.1) is 35.0 Å². The molecule has 11 nitrogen and oxygen atoms in total. The Morgan fingerprint density at radius 2 is 1.79 bits per heavy atom. The van der Waals surface area contributed by atoms with Crippen molar-refractivity contribution in [2.75, 3.05) is 40.0 Å². The molecule has 0 unspecified atom stereocenters. The summed E-state index contributed by atoms with van der Waals surface area (Å²) in [4.78, 5) is 37.5. The third kappa shape index (κ3) is 4.30. The largest absolute Gasteiger partial charge is 0.379 e. The Hall–Kier alpha value is -3.41. The summed E-state index contributed by atoms with van der Waals surface area (Å²) in [5.74, 6) is 0.721. The van der Waals surface area contributed by atoms with Crippen molar-refractivity contribution < 1.29 is 9.47 Å². The second kappa shape index (κ2) is 9.22. The zero-order valence-corrected chi connectivity index (χ0v) is 18.4. The van der Waals surface area contributed by atoms with Gasteiger partial charge in [-0.25, -0.2) is 9.55 Å². The maximum Gasteiger partial charge on any atom is 0.267 e. The van der Waals surface area contributed by atoms with E-state index in [4.69, 9.17) is 9.47 Å². The fraction of sp³-hybridized carbons (Fsp3) is 0.409. The van der Waals surface area contributed by atoms with Crippen molar-refractivity contribution >= 4 is 21.8 Å². The number of hydrogen-bond acceptors (Lipinski definition) is 8. The highest BCUT2D eigenvalue weighted by Crippen LogP contribution is 2.15. The van der Waals surface area contributed by atoms with Crippen LogP contribution in [0, 0.1) is 0 Å². The summed E-state index contributed by atoms with van der Waals surface area (Å²) in [6.45, 7) is 5.13. The van der Waals surface area contributed by atoms with E-state index >= 15 is 0 Å². The smallest absolute Gasteiger partial charge is 0.267 e. The topological polar surface area (TPSA) is 120 Å². The Morgan fingerprint density at radius 3 is 2.58 bits per heavy atom. The molecular formula is C22H25N7O4. The summed E-state index contributed by atoms with van der Waals surface area (Å²) in [6, 6.07) is 5.17. The van der Waals surface area contributed by atoms with Crippen LogP contribution in [0.4, 0.5) is 0 Å². The zero-order chi connectivity index (χ0) is 22.8. The van der Waals surface area contributed by atoms with E-state index in [-0.39, 0.29) is 23.7 Å². The number of methoxy groups -OCH3 is 1. The number of nitrogens with one attached hydrogen (secondary N) is 1.